The summed E-state index contributed by atoms with van der Waals surface area (Å²) in [5.74, 6) is 2.58. The van der Waals surface area contributed by atoms with Gasteiger partial charge >= 0.3 is 0 Å². The van der Waals surface area contributed by atoms with Crippen LogP contribution in [-0.4, -0.2) is 47.3 Å². The highest BCUT2D eigenvalue weighted by atomic mass is 16.5. The molecule has 0 aliphatic heterocycles. The number of hydrogen-bond acceptors (Lipinski definition) is 4. The standard InChI is InChI=1S/C19H30N6O/c1-4-5-12-26-13-6-9-22-19(20-3)24-15-17-7-8-18(23-14-17)25-11-10-21-16(25)2/h7-8,10-11,14H,4-6,9,12-13,15H2,1-3H3,(H2,20,22,24). The molecule has 26 heavy (non-hydrogen) atoms. The van der Waals surface area contributed by atoms with Gasteiger partial charge in [-0.15, -0.1) is 0 Å². The summed E-state index contributed by atoms with van der Waals surface area (Å²) in [6, 6.07) is 4.05. The minimum atomic E-state index is 0.670. The van der Waals surface area contributed by atoms with E-state index in [4.69, 9.17) is 4.74 Å². The van der Waals surface area contributed by atoms with Crippen LogP contribution in [0.2, 0.25) is 0 Å². The molecule has 7 nitrogen and oxygen atoms in total. The maximum Gasteiger partial charge on any atom is 0.191 e. The van der Waals surface area contributed by atoms with Crippen molar-refractivity contribution in [3.63, 3.8) is 0 Å². The molecular formula is C19H30N6O. The van der Waals surface area contributed by atoms with E-state index in [0.29, 0.717) is 6.54 Å². The maximum atomic E-state index is 5.55. The van der Waals surface area contributed by atoms with E-state index >= 15 is 0 Å². The quantitative estimate of drug-likeness (QED) is 0.388. The molecule has 0 saturated carbocycles. The molecule has 7 heteroatoms. The lowest BCUT2D eigenvalue weighted by atomic mass is 10.3. The predicted octanol–water partition coefficient (Wildman–Crippen LogP) is 2.45. The fourth-order valence-electron chi connectivity index (χ4n) is 2.42. The zero-order valence-electron chi connectivity index (χ0n) is 16.0. The van der Waals surface area contributed by atoms with E-state index in [2.05, 4.69) is 38.6 Å². The summed E-state index contributed by atoms with van der Waals surface area (Å²) in [4.78, 5) is 13.0. The molecule has 142 valence electrons. The maximum absolute atomic E-state index is 5.55. The monoisotopic (exact) mass is 358 g/mol. The number of imidazole rings is 1. The first kappa shape index (κ1) is 19.9. The van der Waals surface area contributed by atoms with Crippen LogP contribution < -0.4 is 10.6 Å². The highest BCUT2D eigenvalue weighted by Crippen LogP contribution is 2.08. The second-order valence-corrected chi connectivity index (χ2v) is 6.04. The Morgan fingerprint density at radius 1 is 1.19 bits per heavy atom. The molecule has 2 N–H and O–H groups in total. The summed E-state index contributed by atoms with van der Waals surface area (Å²) in [7, 11) is 1.77. The second-order valence-electron chi connectivity index (χ2n) is 6.04. The Balaban J connectivity index is 1.70. The van der Waals surface area contributed by atoms with Crippen LogP contribution in [0, 0.1) is 6.92 Å². The summed E-state index contributed by atoms with van der Waals surface area (Å²) < 4.78 is 7.51. The van der Waals surface area contributed by atoms with E-state index < -0.39 is 0 Å². The SMILES string of the molecule is CCCCOCCCNC(=NC)NCc1ccc(-n2ccnc2C)nc1. The lowest BCUT2D eigenvalue weighted by molar-refractivity contribution is 0.129. The van der Waals surface area contributed by atoms with Crippen molar-refractivity contribution in [2.45, 2.75) is 39.7 Å². The minimum Gasteiger partial charge on any atom is -0.381 e. The number of nitrogens with one attached hydrogen (secondary N) is 2. The normalized spacial score (nSPS) is 11.6. The van der Waals surface area contributed by atoms with Crippen molar-refractivity contribution in [2.24, 2.45) is 4.99 Å². The number of nitrogens with zero attached hydrogens (tertiary/aromatic N) is 4. The molecule has 0 bridgehead atoms. The van der Waals surface area contributed by atoms with Crippen molar-refractivity contribution < 1.29 is 4.74 Å². The lowest BCUT2D eigenvalue weighted by Gasteiger charge is -2.12. The van der Waals surface area contributed by atoms with Crippen LogP contribution in [0.5, 0.6) is 0 Å². The second kappa shape index (κ2) is 11.3. The van der Waals surface area contributed by atoms with Crippen molar-refractivity contribution in [1.82, 2.24) is 25.2 Å². The topological polar surface area (TPSA) is 76.4 Å². The number of rotatable bonds is 10. The van der Waals surface area contributed by atoms with Crippen molar-refractivity contribution >= 4 is 5.96 Å². The van der Waals surface area contributed by atoms with Crippen molar-refractivity contribution in [3.05, 3.63) is 42.1 Å². The molecule has 2 rings (SSSR count). The highest BCUT2D eigenvalue weighted by molar-refractivity contribution is 5.79. The van der Waals surface area contributed by atoms with Gasteiger partial charge in [0, 0.05) is 51.9 Å². The van der Waals surface area contributed by atoms with E-state index in [1.807, 2.05) is 30.0 Å². The van der Waals surface area contributed by atoms with Crippen LogP contribution in [0.1, 0.15) is 37.6 Å². The minimum absolute atomic E-state index is 0.670. The van der Waals surface area contributed by atoms with Gasteiger partial charge in [0.2, 0.25) is 0 Å². The van der Waals surface area contributed by atoms with E-state index in [1.165, 1.54) is 6.42 Å². The molecule has 0 aromatic carbocycles. The Kier molecular flexibility index (Phi) is 8.62. The summed E-state index contributed by atoms with van der Waals surface area (Å²) in [5, 5.41) is 6.60. The Hall–Kier alpha value is -2.41. The summed E-state index contributed by atoms with van der Waals surface area (Å²) in [5.41, 5.74) is 1.09. The molecule has 0 aliphatic rings. The van der Waals surface area contributed by atoms with E-state index in [9.17, 15) is 0 Å². The first-order valence-corrected chi connectivity index (χ1v) is 9.22. The number of guanidine groups is 1. The van der Waals surface area contributed by atoms with Gasteiger partial charge in [-0.2, -0.15) is 0 Å². The number of aromatic nitrogens is 3. The largest absolute Gasteiger partial charge is 0.381 e. The smallest absolute Gasteiger partial charge is 0.191 e. The summed E-state index contributed by atoms with van der Waals surface area (Å²) in [6.07, 6.45) is 8.82. The van der Waals surface area contributed by atoms with Crippen LogP contribution in [0.3, 0.4) is 0 Å². The Labute approximate surface area is 155 Å². The Morgan fingerprint density at radius 2 is 2.04 bits per heavy atom. The van der Waals surface area contributed by atoms with Crippen LogP contribution in [0.4, 0.5) is 0 Å². The van der Waals surface area contributed by atoms with Crippen LogP contribution in [0.25, 0.3) is 5.82 Å². The molecule has 0 unspecified atom stereocenters. The Bertz CT molecular complexity index is 665. The third-order valence-corrected chi connectivity index (χ3v) is 3.97. The van der Waals surface area contributed by atoms with Crippen molar-refractivity contribution in [3.8, 4) is 5.82 Å². The van der Waals surface area contributed by atoms with Gasteiger partial charge in [-0.25, -0.2) is 9.97 Å². The lowest BCUT2D eigenvalue weighted by Crippen LogP contribution is -2.37. The van der Waals surface area contributed by atoms with Crippen molar-refractivity contribution in [2.75, 3.05) is 26.8 Å². The summed E-state index contributed by atoms with van der Waals surface area (Å²) in [6.45, 7) is 7.27. The van der Waals surface area contributed by atoms with Gasteiger partial charge in [-0.05, 0) is 31.4 Å². The number of hydrogen-bond donors (Lipinski definition) is 2. The third kappa shape index (κ3) is 6.48. The molecule has 0 fully saturated rings. The van der Waals surface area contributed by atoms with Crippen LogP contribution >= 0.6 is 0 Å². The fraction of sp³-hybridized carbons (Fsp3) is 0.526. The molecule has 0 aliphatic carbocycles. The average Bonchev–Trinajstić information content (AvgIpc) is 3.10. The average molecular weight is 358 g/mol. The highest BCUT2D eigenvalue weighted by Gasteiger charge is 2.03. The fourth-order valence-corrected chi connectivity index (χ4v) is 2.42. The molecule has 2 heterocycles. The first-order chi connectivity index (χ1) is 12.7. The van der Waals surface area contributed by atoms with Gasteiger partial charge < -0.3 is 15.4 Å². The zero-order valence-corrected chi connectivity index (χ0v) is 16.0. The molecule has 0 radical (unpaired) electrons. The van der Waals surface area contributed by atoms with Crippen molar-refractivity contribution in [1.29, 1.82) is 0 Å². The Morgan fingerprint density at radius 3 is 2.69 bits per heavy atom. The zero-order chi connectivity index (χ0) is 18.6. The van der Waals surface area contributed by atoms with Gasteiger partial charge in [-0.1, -0.05) is 19.4 Å². The molecular weight excluding hydrogens is 328 g/mol. The molecule has 2 aromatic rings. The number of unbranched alkanes of at least 4 members (excludes halogenated alkanes) is 1. The molecule has 0 amide bonds. The number of ether oxygens (including phenoxy) is 1. The van der Waals surface area contributed by atoms with E-state index in [1.54, 1.807) is 13.2 Å². The predicted molar refractivity (Wildman–Crippen MR) is 105 cm³/mol. The number of aryl methyl sites for hydroxylation is 1. The summed E-state index contributed by atoms with van der Waals surface area (Å²) >= 11 is 0. The molecule has 0 atom stereocenters. The van der Waals surface area contributed by atoms with Gasteiger partial charge in [0.25, 0.3) is 0 Å². The van der Waals surface area contributed by atoms with Crippen LogP contribution in [-0.2, 0) is 11.3 Å². The van der Waals surface area contributed by atoms with Gasteiger partial charge in [0.15, 0.2) is 5.96 Å². The number of aliphatic imine (C=N–C) groups is 1. The van der Waals surface area contributed by atoms with E-state index in [-0.39, 0.29) is 0 Å². The third-order valence-electron chi connectivity index (χ3n) is 3.97. The van der Waals surface area contributed by atoms with Crippen LogP contribution in [0.15, 0.2) is 35.7 Å². The van der Waals surface area contributed by atoms with Gasteiger partial charge in [0.1, 0.15) is 11.6 Å². The number of pyridine rings is 1. The van der Waals surface area contributed by atoms with Gasteiger partial charge in [0.05, 0.1) is 0 Å². The van der Waals surface area contributed by atoms with E-state index in [0.717, 1.165) is 55.8 Å². The molecule has 0 spiro atoms. The van der Waals surface area contributed by atoms with Gasteiger partial charge in [-0.3, -0.25) is 9.56 Å². The molecule has 2 aromatic heterocycles. The molecule has 0 saturated heterocycles. The first-order valence-electron chi connectivity index (χ1n) is 9.22.